The first-order valence-electron chi connectivity index (χ1n) is 6.15. The van der Waals surface area contributed by atoms with Crippen LogP contribution in [0.25, 0.3) is 0 Å². The fraction of sp³-hybridized carbons (Fsp3) is 0.429. The summed E-state index contributed by atoms with van der Waals surface area (Å²) in [4.78, 5) is 23.5. The second-order valence-electron chi connectivity index (χ2n) is 5.52. The molecule has 1 rings (SSSR count). The van der Waals surface area contributed by atoms with E-state index < -0.39 is 0 Å². The van der Waals surface area contributed by atoms with Crippen LogP contribution >= 0.6 is 0 Å². The van der Waals surface area contributed by atoms with Crippen molar-refractivity contribution < 1.29 is 9.59 Å². The van der Waals surface area contributed by atoms with Crippen LogP contribution in [0.3, 0.4) is 0 Å². The van der Waals surface area contributed by atoms with Gasteiger partial charge in [-0.15, -0.1) is 0 Å². The standard InChI is InChI=1S/C14H21N3O2/c1-9-6-5-7-10(12(9)15)13(19)16-8-11(18)17-14(2,3)4/h5-7H,8,15H2,1-4H3,(H,16,19)(H,17,18). The van der Waals surface area contributed by atoms with Crippen LogP contribution in [0, 0.1) is 6.92 Å². The van der Waals surface area contributed by atoms with E-state index in [1.54, 1.807) is 12.1 Å². The zero-order valence-corrected chi connectivity index (χ0v) is 11.8. The van der Waals surface area contributed by atoms with E-state index in [0.29, 0.717) is 11.3 Å². The summed E-state index contributed by atoms with van der Waals surface area (Å²) < 4.78 is 0. The SMILES string of the molecule is Cc1cccc(C(=O)NCC(=O)NC(C)(C)C)c1N. The minimum absolute atomic E-state index is 0.0660. The highest BCUT2D eigenvalue weighted by molar-refractivity contribution is 6.01. The third kappa shape index (κ3) is 4.62. The van der Waals surface area contributed by atoms with Gasteiger partial charge in [-0.05, 0) is 39.3 Å². The number of anilines is 1. The molecular formula is C14H21N3O2. The average Bonchev–Trinajstić information content (AvgIpc) is 2.27. The van der Waals surface area contributed by atoms with Gasteiger partial charge < -0.3 is 16.4 Å². The van der Waals surface area contributed by atoms with E-state index in [1.165, 1.54) is 0 Å². The number of benzene rings is 1. The Kier molecular flexibility index (Phi) is 4.53. The highest BCUT2D eigenvalue weighted by atomic mass is 16.2. The molecule has 0 aromatic heterocycles. The molecule has 0 aliphatic heterocycles. The molecular weight excluding hydrogens is 242 g/mol. The smallest absolute Gasteiger partial charge is 0.253 e. The van der Waals surface area contributed by atoms with Gasteiger partial charge in [-0.1, -0.05) is 12.1 Å². The lowest BCUT2D eigenvalue weighted by Crippen LogP contribution is -2.45. The van der Waals surface area contributed by atoms with Gasteiger partial charge in [0, 0.05) is 11.2 Å². The number of nitrogen functional groups attached to an aromatic ring is 1. The van der Waals surface area contributed by atoms with Crippen LogP contribution in [-0.4, -0.2) is 23.9 Å². The molecule has 1 aromatic rings. The van der Waals surface area contributed by atoms with Crippen LogP contribution in [0.15, 0.2) is 18.2 Å². The third-order valence-electron chi connectivity index (χ3n) is 2.49. The van der Waals surface area contributed by atoms with Crippen molar-refractivity contribution in [2.75, 3.05) is 12.3 Å². The summed E-state index contributed by atoms with van der Waals surface area (Å²) in [6, 6.07) is 5.23. The van der Waals surface area contributed by atoms with E-state index in [1.807, 2.05) is 33.8 Å². The molecule has 0 radical (unpaired) electrons. The van der Waals surface area contributed by atoms with Crippen LogP contribution in [-0.2, 0) is 4.79 Å². The minimum atomic E-state index is -0.342. The van der Waals surface area contributed by atoms with Gasteiger partial charge in [0.15, 0.2) is 0 Å². The molecule has 0 spiro atoms. The lowest BCUT2D eigenvalue weighted by atomic mass is 10.1. The second kappa shape index (κ2) is 5.73. The molecule has 0 saturated heterocycles. The molecule has 0 saturated carbocycles. The zero-order valence-electron chi connectivity index (χ0n) is 11.8. The van der Waals surface area contributed by atoms with Crippen molar-refractivity contribution in [3.8, 4) is 0 Å². The van der Waals surface area contributed by atoms with Gasteiger partial charge in [0.25, 0.3) is 5.91 Å². The summed E-state index contributed by atoms with van der Waals surface area (Å²) in [5.74, 6) is -0.572. The number of carbonyl (C=O) groups excluding carboxylic acids is 2. The molecule has 0 aliphatic rings. The molecule has 0 atom stereocenters. The van der Waals surface area contributed by atoms with E-state index >= 15 is 0 Å². The maximum atomic E-state index is 11.9. The number of hydrogen-bond acceptors (Lipinski definition) is 3. The number of amides is 2. The predicted molar refractivity (Wildman–Crippen MR) is 75.8 cm³/mol. The molecule has 104 valence electrons. The van der Waals surface area contributed by atoms with Gasteiger partial charge in [0.2, 0.25) is 5.91 Å². The first-order valence-corrected chi connectivity index (χ1v) is 6.15. The van der Waals surface area contributed by atoms with E-state index in [2.05, 4.69) is 10.6 Å². The Labute approximate surface area is 113 Å². The molecule has 5 heteroatoms. The summed E-state index contributed by atoms with van der Waals surface area (Å²) in [7, 11) is 0. The van der Waals surface area contributed by atoms with E-state index in [-0.39, 0.29) is 23.9 Å². The van der Waals surface area contributed by atoms with E-state index in [4.69, 9.17) is 5.73 Å². The number of carbonyl (C=O) groups is 2. The molecule has 0 fully saturated rings. The minimum Gasteiger partial charge on any atom is -0.398 e. The largest absolute Gasteiger partial charge is 0.398 e. The Bertz CT molecular complexity index is 490. The molecule has 0 unspecified atom stereocenters. The number of aryl methyl sites for hydroxylation is 1. The maximum Gasteiger partial charge on any atom is 0.253 e. The third-order valence-corrected chi connectivity index (χ3v) is 2.49. The van der Waals surface area contributed by atoms with Crippen molar-refractivity contribution in [2.45, 2.75) is 33.2 Å². The summed E-state index contributed by atoms with van der Waals surface area (Å²) in [6.07, 6.45) is 0. The van der Waals surface area contributed by atoms with Crippen LogP contribution < -0.4 is 16.4 Å². The molecule has 19 heavy (non-hydrogen) atoms. The monoisotopic (exact) mass is 263 g/mol. The first-order chi connectivity index (χ1) is 8.70. The number of nitrogens with two attached hydrogens (primary N) is 1. The topological polar surface area (TPSA) is 84.2 Å². The number of nitrogens with one attached hydrogen (secondary N) is 2. The number of rotatable bonds is 3. The van der Waals surface area contributed by atoms with Crippen molar-refractivity contribution >= 4 is 17.5 Å². The Morgan fingerprint density at radius 2 is 1.89 bits per heavy atom. The summed E-state index contributed by atoms with van der Waals surface area (Å²) >= 11 is 0. The fourth-order valence-electron chi connectivity index (χ4n) is 1.60. The molecule has 5 nitrogen and oxygen atoms in total. The zero-order chi connectivity index (χ0) is 14.6. The highest BCUT2D eigenvalue weighted by Gasteiger charge is 2.15. The van der Waals surface area contributed by atoms with Gasteiger partial charge in [0.05, 0.1) is 12.1 Å². The van der Waals surface area contributed by atoms with E-state index in [9.17, 15) is 9.59 Å². The van der Waals surface area contributed by atoms with Gasteiger partial charge >= 0.3 is 0 Å². The van der Waals surface area contributed by atoms with Crippen LogP contribution in [0.1, 0.15) is 36.7 Å². The van der Waals surface area contributed by atoms with Gasteiger partial charge in [-0.2, -0.15) is 0 Å². The maximum absolute atomic E-state index is 11.9. The first kappa shape index (κ1) is 15.0. The van der Waals surface area contributed by atoms with Crippen LogP contribution in [0.4, 0.5) is 5.69 Å². The summed E-state index contributed by atoms with van der Waals surface area (Å²) in [5.41, 5.74) is 7.19. The van der Waals surface area contributed by atoms with Gasteiger partial charge in [-0.3, -0.25) is 9.59 Å². The van der Waals surface area contributed by atoms with Crippen molar-refractivity contribution in [2.24, 2.45) is 0 Å². The van der Waals surface area contributed by atoms with Crippen LogP contribution in [0.5, 0.6) is 0 Å². The van der Waals surface area contributed by atoms with Gasteiger partial charge in [-0.25, -0.2) is 0 Å². The van der Waals surface area contributed by atoms with Crippen molar-refractivity contribution in [3.63, 3.8) is 0 Å². The van der Waals surface area contributed by atoms with Crippen molar-refractivity contribution in [1.29, 1.82) is 0 Å². The highest BCUT2D eigenvalue weighted by Crippen LogP contribution is 2.15. The fourth-order valence-corrected chi connectivity index (χ4v) is 1.60. The molecule has 0 bridgehead atoms. The quantitative estimate of drug-likeness (QED) is 0.717. The number of hydrogen-bond donors (Lipinski definition) is 3. The molecule has 0 heterocycles. The summed E-state index contributed by atoms with van der Waals surface area (Å²) in [6.45, 7) is 7.41. The predicted octanol–water partition coefficient (Wildman–Crippen LogP) is 1.22. The lowest BCUT2D eigenvalue weighted by Gasteiger charge is -2.20. The Hall–Kier alpha value is -2.04. The molecule has 2 amide bonds. The van der Waals surface area contributed by atoms with Crippen LogP contribution in [0.2, 0.25) is 0 Å². The van der Waals surface area contributed by atoms with Crippen molar-refractivity contribution in [3.05, 3.63) is 29.3 Å². The number of para-hydroxylation sites is 1. The molecule has 1 aromatic carbocycles. The Morgan fingerprint density at radius 3 is 2.47 bits per heavy atom. The Morgan fingerprint density at radius 1 is 1.26 bits per heavy atom. The summed E-state index contributed by atoms with van der Waals surface area (Å²) in [5, 5.41) is 5.33. The second-order valence-corrected chi connectivity index (χ2v) is 5.52. The molecule has 0 aliphatic carbocycles. The van der Waals surface area contributed by atoms with Gasteiger partial charge in [0.1, 0.15) is 0 Å². The average molecular weight is 263 g/mol. The normalized spacial score (nSPS) is 10.9. The Balaban J connectivity index is 2.61. The van der Waals surface area contributed by atoms with Crippen molar-refractivity contribution in [1.82, 2.24) is 10.6 Å². The molecule has 4 N–H and O–H groups in total. The van der Waals surface area contributed by atoms with E-state index in [0.717, 1.165) is 5.56 Å². The lowest BCUT2D eigenvalue weighted by molar-refractivity contribution is -0.121.